The number of fused-ring (bicyclic) bond motifs is 3. The second-order valence-electron chi connectivity index (χ2n) is 28.4. The number of phenols is 5. The predicted molar refractivity (Wildman–Crippen MR) is 540 cm³/mol. The maximum Gasteiger partial charge on any atom is 0.177 e. The number of aromatic hydroxyl groups is 5. The molecule has 5 N–H and O–H groups in total. The van der Waals surface area contributed by atoms with Gasteiger partial charge in [-0.2, -0.15) is 0 Å². The van der Waals surface area contributed by atoms with Crippen molar-refractivity contribution in [3.63, 3.8) is 0 Å². The Morgan fingerprint density at radius 3 is 1.01 bits per heavy atom. The van der Waals surface area contributed by atoms with E-state index in [9.17, 15) is 15.3 Å². The average Bonchev–Trinajstić information content (AvgIpc) is 1.60. The Hall–Kier alpha value is -16.2. The van der Waals surface area contributed by atoms with E-state index < -0.39 is 8.07 Å². The normalized spacial score (nSPS) is 9.89. The van der Waals surface area contributed by atoms with Gasteiger partial charge in [0.15, 0.2) is 57.3 Å². The molecule has 0 bridgehead atoms. The molecule has 0 aliphatic heterocycles. The van der Waals surface area contributed by atoms with Crippen molar-refractivity contribution in [1.82, 2.24) is 0 Å². The van der Waals surface area contributed by atoms with Crippen LogP contribution in [0.3, 0.4) is 0 Å². The van der Waals surface area contributed by atoms with Crippen molar-refractivity contribution >= 4 is 35.2 Å². The van der Waals surface area contributed by atoms with E-state index in [0.717, 1.165) is 102 Å². The fraction of sp³-hybridized carbons (Fsp3) is 0.113. The highest BCUT2D eigenvalue weighted by Crippen LogP contribution is 2.39. The van der Waals surface area contributed by atoms with Crippen LogP contribution in [0.5, 0.6) is 109 Å². The van der Waals surface area contributed by atoms with Crippen molar-refractivity contribution in [2.45, 2.75) is 46.3 Å². The Labute approximate surface area is 777 Å². The molecule has 16 nitrogen and oxygen atoms in total. The molecular formula is C115H116O16Si. The van der Waals surface area contributed by atoms with Gasteiger partial charge in [0, 0.05) is 21.9 Å². The summed E-state index contributed by atoms with van der Waals surface area (Å²) in [7, 11) is 8.23. The van der Waals surface area contributed by atoms with Gasteiger partial charge in [0.1, 0.15) is 63.1 Å². The lowest BCUT2D eigenvalue weighted by Gasteiger charge is -2.30. The maximum atomic E-state index is 9.92. The van der Waals surface area contributed by atoms with E-state index in [2.05, 4.69) is 51.1 Å². The van der Waals surface area contributed by atoms with Gasteiger partial charge < -0.3 is 77.3 Å². The topological polar surface area (TPSA) is 207 Å². The summed E-state index contributed by atoms with van der Waals surface area (Å²) < 4.78 is 59.0. The molecule has 132 heavy (non-hydrogen) atoms. The highest BCUT2D eigenvalue weighted by Gasteiger charge is 2.32. The Kier molecular flexibility index (Phi) is 43.5. The highest BCUT2D eigenvalue weighted by molar-refractivity contribution is 6.92. The molecule has 18 aromatic rings. The van der Waals surface area contributed by atoms with Gasteiger partial charge in [-0.3, -0.25) is 0 Å². The van der Waals surface area contributed by atoms with Crippen molar-refractivity contribution in [2.24, 2.45) is 0 Å². The van der Waals surface area contributed by atoms with Crippen LogP contribution in [0.4, 0.5) is 0 Å². The maximum absolute atomic E-state index is 9.92. The van der Waals surface area contributed by atoms with Crippen LogP contribution in [0, 0.1) is 0 Å². The summed E-state index contributed by atoms with van der Waals surface area (Å²) in [4.78, 5) is 0. The molecule has 0 fully saturated rings. The minimum absolute atomic E-state index is 0. The largest absolute Gasteiger partial charge is 0.508 e. The minimum atomic E-state index is -1.42. The summed E-state index contributed by atoms with van der Waals surface area (Å²) in [6.07, 6.45) is 0. The first-order valence-electron chi connectivity index (χ1n) is 42.6. The van der Waals surface area contributed by atoms with E-state index in [1.165, 1.54) is 30.4 Å². The standard InChI is InChI=1S/C18H24OSi.C13H10O2.3C13H12O2.C12H10O2.C12H10O.C7H8O2.C7H8O.C6H6O.CH4/c1-4-20(5-2,6-3)18-15-11-10-14-17(18)19-16-12-8-7-9-13-16;1-14-12-8-4-6-10-9-5-2-3-7-11(9)15-13(10)12;1-15-11-6-4-5-10(9-11)12-7-2-3-8-13(12)14;1-14-12-9-5-6-10-13(12)15-11-7-3-2-4-8-11;1-15-12-9-5-8-11(13(12)14)10-6-3-2-4-7-10;13-11-8-4-5-9-12(11)14-10-6-2-1-3-7-10;1-3-7-11(8-4-1)13-12-9-5-2-6-10-12;1-9-7-5-3-2-4-6(7)8;1-8-7-5-3-2-4-6-7;7-6-4-2-1-3-5-6;/h7-15H,4-6H2,1-3H3;2-8H,1H3;2-9,14H,1H3;2-10H,1H3;2-9,14H,1H3;1-9,13H;1-10H;2-5,8H,1H3;2-6H,1H3;1-5,7H;1H4. The van der Waals surface area contributed by atoms with E-state index in [1.807, 2.05) is 334 Å². The highest BCUT2D eigenvalue weighted by atomic mass is 28.3. The zero-order valence-electron chi connectivity index (χ0n) is 75.1. The molecule has 676 valence electrons. The number of rotatable bonds is 20. The summed E-state index contributed by atoms with van der Waals surface area (Å²) in [5, 5.41) is 50.4. The Morgan fingerprint density at radius 2 is 0.561 bits per heavy atom. The molecule has 0 saturated heterocycles. The van der Waals surface area contributed by atoms with Gasteiger partial charge in [0.25, 0.3) is 0 Å². The van der Waals surface area contributed by atoms with E-state index in [1.54, 1.807) is 120 Å². The number of ether oxygens (including phenoxy) is 10. The molecule has 18 rings (SSSR count). The number of benzene rings is 17. The van der Waals surface area contributed by atoms with Crippen LogP contribution in [0.25, 0.3) is 44.2 Å². The van der Waals surface area contributed by atoms with Gasteiger partial charge in [0.2, 0.25) is 0 Å². The van der Waals surface area contributed by atoms with E-state index in [0.29, 0.717) is 28.7 Å². The molecule has 0 aliphatic carbocycles. The smallest absolute Gasteiger partial charge is 0.177 e. The molecule has 0 unspecified atom stereocenters. The number of phenolic OH excluding ortho intramolecular Hbond substituents is 5. The molecule has 17 heteroatoms. The quantitative estimate of drug-likeness (QED) is 0.0450. The van der Waals surface area contributed by atoms with Crippen LogP contribution in [-0.2, 0) is 0 Å². The number of methoxy groups -OCH3 is 6. The molecule has 0 spiro atoms. The summed E-state index contributed by atoms with van der Waals surface area (Å²) in [6, 6.07) is 145. The number of furan rings is 1. The van der Waals surface area contributed by atoms with E-state index in [-0.39, 0.29) is 30.4 Å². The lowest BCUT2D eigenvalue weighted by molar-refractivity contribution is 0.373. The van der Waals surface area contributed by atoms with Gasteiger partial charge in [-0.1, -0.05) is 331 Å². The van der Waals surface area contributed by atoms with Crippen LogP contribution in [0.1, 0.15) is 28.2 Å². The fourth-order valence-electron chi connectivity index (χ4n) is 13.1. The minimum Gasteiger partial charge on any atom is -0.508 e. The number of hydrogen-bond acceptors (Lipinski definition) is 16. The molecule has 1 aromatic heterocycles. The van der Waals surface area contributed by atoms with Crippen molar-refractivity contribution in [1.29, 1.82) is 0 Å². The van der Waals surface area contributed by atoms with Crippen LogP contribution >= 0.6 is 0 Å². The van der Waals surface area contributed by atoms with Gasteiger partial charge in [-0.25, -0.2) is 0 Å². The van der Waals surface area contributed by atoms with Gasteiger partial charge in [-0.15, -0.1) is 0 Å². The van der Waals surface area contributed by atoms with Crippen molar-refractivity contribution in [3.8, 4) is 131 Å². The first-order valence-corrected chi connectivity index (χ1v) is 45.2. The van der Waals surface area contributed by atoms with Crippen LogP contribution in [-0.4, -0.2) is 76.3 Å². The van der Waals surface area contributed by atoms with Crippen LogP contribution in [0.15, 0.2) is 453 Å². The third kappa shape index (κ3) is 32.6. The lowest BCUT2D eigenvalue weighted by atomic mass is 10.0. The molecule has 0 saturated carbocycles. The van der Waals surface area contributed by atoms with Gasteiger partial charge in [-0.05, 0) is 180 Å². The Balaban J connectivity index is 0.000000182. The summed E-state index contributed by atoms with van der Waals surface area (Å²) in [6.45, 7) is 7.00. The Morgan fingerprint density at radius 1 is 0.235 bits per heavy atom. The first-order chi connectivity index (χ1) is 64.2. The van der Waals surface area contributed by atoms with Crippen LogP contribution < -0.4 is 52.6 Å². The van der Waals surface area contributed by atoms with E-state index >= 15 is 0 Å². The second kappa shape index (κ2) is 56.8. The first kappa shape index (κ1) is 101. The lowest BCUT2D eigenvalue weighted by Crippen LogP contribution is -2.46. The summed E-state index contributed by atoms with van der Waals surface area (Å²) in [5.41, 5.74) is 5.26. The predicted octanol–water partition coefficient (Wildman–Crippen LogP) is 30.2. The molecule has 0 aliphatic rings. The van der Waals surface area contributed by atoms with Gasteiger partial charge >= 0.3 is 0 Å². The Bertz CT molecular complexity index is 6150. The molecule has 17 aromatic carbocycles. The number of para-hydroxylation sites is 18. The molecule has 0 amide bonds. The molecule has 0 atom stereocenters. The summed E-state index contributed by atoms with van der Waals surface area (Å²) in [5.74, 6) is 11.8. The second-order valence-corrected chi connectivity index (χ2v) is 33.6. The van der Waals surface area contributed by atoms with Gasteiger partial charge in [0.05, 0.1) is 50.7 Å². The third-order valence-electron chi connectivity index (χ3n) is 20.1. The van der Waals surface area contributed by atoms with Crippen molar-refractivity contribution < 1.29 is 77.3 Å². The average molecular weight is 1780 g/mol. The third-order valence-corrected chi connectivity index (χ3v) is 25.7. The molecular weight excluding hydrogens is 1670 g/mol. The van der Waals surface area contributed by atoms with Crippen molar-refractivity contribution in [2.75, 3.05) is 42.7 Å². The molecule has 1 heterocycles. The molecule has 0 radical (unpaired) electrons. The van der Waals surface area contributed by atoms with Crippen molar-refractivity contribution in [3.05, 3.63) is 449 Å². The van der Waals surface area contributed by atoms with E-state index in [4.69, 9.17) is 62.0 Å². The number of hydrogen-bond donors (Lipinski definition) is 5. The summed E-state index contributed by atoms with van der Waals surface area (Å²) >= 11 is 0. The zero-order valence-corrected chi connectivity index (χ0v) is 76.1. The van der Waals surface area contributed by atoms with Crippen LogP contribution in [0.2, 0.25) is 18.1 Å². The monoisotopic (exact) mass is 1780 g/mol. The zero-order chi connectivity index (χ0) is 92.9. The SMILES string of the molecule is C.CC[Si](CC)(CC)c1ccccc1Oc1ccccc1.COc1cccc(-c2ccccc2)c1O.COc1cccc(-c2ccccc2O)c1.COc1cccc2c1oc1ccccc12.COc1ccccc1.COc1ccccc1O.COc1ccccc1Oc1ccccc1.Oc1ccccc1.Oc1ccccc1Oc1ccccc1.c1ccc(Oc2ccccc2)cc1. The fourth-order valence-corrected chi connectivity index (χ4v) is 16.8.